The Bertz CT molecular complexity index is 1460. The van der Waals surface area contributed by atoms with Crippen LogP contribution in [0.3, 0.4) is 0 Å². The zero-order valence-corrected chi connectivity index (χ0v) is 24.3. The number of aromatic nitrogens is 1. The molecular weight excluding hydrogens is 549 g/mol. The molecule has 4 N–H and O–H groups in total. The molecule has 1 fully saturated rings. The van der Waals surface area contributed by atoms with Crippen molar-refractivity contribution in [2.45, 2.75) is 57.2 Å². The van der Waals surface area contributed by atoms with Crippen LogP contribution in [0.15, 0.2) is 48.5 Å². The predicted octanol–water partition coefficient (Wildman–Crippen LogP) is 4.92. The molecule has 0 spiro atoms. The summed E-state index contributed by atoms with van der Waals surface area (Å²) in [7, 11) is 1.46. The van der Waals surface area contributed by atoms with E-state index in [0.717, 1.165) is 5.56 Å². The Morgan fingerprint density at radius 1 is 1.17 bits per heavy atom. The SMILES string of the molecule is COc1cc(C(=O)CCC(C)(O)c2cc(C(C)(C)CN)cc(-c3ccc(F)c(Cl)c3)n2)ccc1O[C@H]1CCNC1=O. The number of hydrogen-bond donors (Lipinski definition) is 3. The number of benzene rings is 2. The average molecular weight is 584 g/mol. The standard InChI is InChI=1S/C31H35ClFN3O5/c1-30(2,17-34)20-15-23(18-5-7-22(33)21(32)13-18)36-28(16-20)31(3,39)11-9-24(37)19-6-8-25(27(14-19)40-4)41-26-10-12-35-29(26)38/h5-8,13-16,26,39H,9-12,17,34H2,1-4H3,(H,35,38)/t26-,31?/m0/s1. The maximum Gasteiger partial charge on any atom is 0.261 e. The van der Waals surface area contributed by atoms with E-state index in [4.69, 9.17) is 26.8 Å². The number of carbonyl (C=O) groups excluding carboxylic acids is 2. The lowest BCUT2D eigenvalue weighted by atomic mass is 9.82. The number of hydrogen-bond acceptors (Lipinski definition) is 7. The summed E-state index contributed by atoms with van der Waals surface area (Å²) in [5.74, 6) is -0.233. The number of pyridine rings is 1. The van der Waals surface area contributed by atoms with Crippen molar-refractivity contribution in [3.8, 4) is 22.8 Å². The van der Waals surface area contributed by atoms with Crippen molar-refractivity contribution in [1.82, 2.24) is 10.3 Å². The Hall–Kier alpha value is -3.53. The van der Waals surface area contributed by atoms with E-state index >= 15 is 0 Å². The minimum absolute atomic E-state index is 0.0191. The Labute approximate surface area is 244 Å². The third-order valence-electron chi connectivity index (χ3n) is 7.48. The van der Waals surface area contributed by atoms with E-state index in [1.165, 1.54) is 19.2 Å². The number of ketones is 1. The molecule has 2 atom stereocenters. The fourth-order valence-corrected chi connectivity index (χ4v) is 4.70. The topological polar surface area (TPSA) is 124 Å². The first kappa shape index (κ1) is 30.4. The number of rotatable bonds is 11. The number of carbonyl (C=O) groups is 2. The highest BCUT2D eigenvalue weighted by Crippen LogP contribution is 2.35. The maximum absolute atomic E-state index is 13.8. The summed E-state index contributed by atoms with van der Waals surface area (Å²) in [5.41, 5.74) is 6.79. The minimum Gasteiger partial charge on any atom is -0.493 e. The normalized spacial score (nSPS) is 16.7. The van der Waals surface area contributed by atoms with E-state index in [1.807, 2.05) is 19.9 Å². The van der Waals surface area contributed by atoms with Gasteiger partial charge in [0, 0.05) is 42.5 Å². The van der Waals surface area contributed by atoms with Gasteiger partial charge in [-0.1, -0.05) is 25.4 Å². The monoisotopic (exact) mass is 583 g/mol. The molecule has 1 aliphatic heterocycles. The summed E-state index contributed by atoms with van der Waals surface area (Å²) in [6, 6.07) is 12.8. The first-order chi connectivity index (χ1) is 19.3. The summed E-state index contributed by atoms with van der Waals surface area (Å²) in [5, 5.41) is 14.2. The molecule has 41 heavy (non-hydrogen) atoms. The van der Waals surface area contributed by atoms with Crippen molar-refractivity contribution in [1.29, 1.82) is 0 Å². The molecule has 3 aromatic rings. The van der Waals surface area contributed by atoms with Gasteiger partial charge in [0.25, 0.3) is 5.91 Å². The van der Waals surface area contributed by atoms with Gasteiger partial charge in [0.2, 0.25) is 0 Å². The molecule has 0 bridgehead atoms. The van der Waals surface area contributed by atoms with Gasteiger partial charge in [-0.3, -0.25) is 9.59 Å². The van der Waals surface area contributed by atoms with Gasteiger partial charge in [-0.25, -0.2) is 9.37 Å². The van der Waals surface area contributed by atoms with Gasteiger partial charge < -0.3 is 25.6 Å². The predicted molar refractivity (Wildman–Crippen MR) is 155 cm³/mol. The third kappa shape index (κ3) is 6.86. The average Bonchev–Trinajstić information content (AvgIpc) is 3.37. The summed E-state index contributed by atoms with van der Waals surface area (Å²) >= 11 is 6.03. The first-order valence-electron chi connectivity index (χ1n) is 13.4. The molecule has 10 heteroatoms. The molecule has 2 heterocycles. The molecule has 0 saturated carbocycles. The van der Waals surface area contributed by atoms with Crippen LogP contribution in [0.1, 0.15) is 61.6 Å². The number of Topliss-reactive ketones (excluding diaryl/α,β-unsaturated/α-hetero) is 1. The number of nitrogens with two attached hydrogens (primary N) is 1. The van der Waals surface area contributed by atoms with E-state index in [2.05, 4.69) is 10.3 Å². The number of nitrogens with one attached hydrogen (secondary N) is 1. The van der Waals surface area contributed by atoms with E-state index in [-0.39, 0.29) is 29.6 Å². The molecule has 0 aliphatic carbocycles. The molecule has 4 rings (SSSR count). The van der Waals surface area contributed by atoms with E-state index < -0.39 is 22.9 Å². The van der Waals surface area contributed by atoms with Crippen LogP contribution in [0.2, 0.25) is 5.02 Å². The van der Waals surface area contributed by atoms with Crippen LogP contribution in [0.25, 0.3) is 11.3 Å². The van der Waals surface area contributed by atoms with Crippen molar-refractivity contribution in [3.05, 3.63) is 76.2 Å². The van der Waals surface area contributed by atoms with Gasteiger partial charge in [-0.2, -0.15) is 0 Å². The minimum atomic E-state index is -1.47. The number of aliphatic hydroxyl groups is 1. The smallest absolute Gasteiger partial charge is 0.261 e. The van der Waals surface area contributed by atoms with Crippen LogP contribution in [0, 0.1) is 5.82 Å². The lowest BCUT2D eigenvalue weighted by Crippen LogP contribution is -2.30. The lowest BCUT2D eigenvalue weighted by molar-refractivity contribution is -0.124. The van der Waals surface area contributed by atoms with Crippen LogP contribution in [-0.4, -0.2) is 48.1 Å². The van der Waals surface area contributed by atoms with Crippen molar-refractivity contribution in [3.63, 3.8) is 0 Å². The number of amides is 1. The Kier molecular flexibility index (Phi) is 9.01. The Balaban J connectivity index is 1.57. The number of nitrogens with zero attached hydrogens (tertiary/aromatic N) is 1. The quantitative estimate of drug-likeness (QED) is 0.274. The molecule has 218 valence electrons. The fraction of sp³-hybridized carbons (Fsp3) is 0.387. The molecule has 0 radical (unpaired) electrons. The van der Waals surface area contributed by atoms with Crippen molar-refractivity contribution in [2.75, 3.05) is 20.2 Å². The highest BCUT2D eigenvalue weighted by atomic mass is 35.5. The zero-order chi connectivity index (χ0) is 29.9. The zero-order valence-electron chi connectivity index (χ0n) is 23.6. The molecule has 8 nitrogen and oxygen atoms in total. The number of methoxy groups -OCH3 is 1. The van der Waals surface area contributed by atoms with Gasteiger partial charge in [0.15, 0.2) is 23.4 Å². The van der Waals surface area contributed by atoms with Crippen LogP contribution in [0.4, 0.5) is 4.39 Å². The molecule has 1 aliphatic rings. The number of ether oxygens (including phenoxy) is 2. The second kappa shape index (κ2) is 12.1. The maximum atomic E-state index is 13.8. The Morgan fingerprint density at radius 2 is 1.93 bits per heavy atom. The van der Waals surface area contributed by atoms with Gasteiger partial charge >= 0.3 is 0 Å². The van der Waals surface area contributed by atoms with Crippen molar-refractivity contribution in [2.24, 2.45) is 5.73 Å². The van der Waals surface area contributed by atoms with Crippen LogP contribution >= 0.6 is 11.6 Å². The number of halogens is 2. The van der Waals surface area contributed by atoms with Crippen molar-refractivity contribution >= 4 is 23.3 Å². The molecule has 2 aromatic carbocycles. The first-order valence-corrected chi connectivity index (χ1v) is 13.8. The third-order valence-corrected chi connectivity index (χ3v) is 7.77. The van der Waals surface area contributed by atoms with Gasteiger partial charge in [-0.05, 0) is 67.4 Å². The summed E-state index contributed by atoms with van der Waals surface area (Å²) in [4.78, 5) is 29.7. The Morgan fingerprint density at radius 3 is 2.56 bits per heavy atom. The molecule has 1 saturated heterocycles. The van der Waals surface area contributed by atoms with Crippen LogP contribution in [0.5, 0.6) is 11.5 Å². The van der Waals surface area contributed by atoms with E-state index in [0.29, 0.717) is 53.5 Å². The molecular formula is C31H35ClFN3O5. The molecule has 1 amide bonds. The van der Waals surface area contributed by atoms with Gasteiger partial charge in [-0.15, -0.1) is 0 Å². The highest BCUT2D eigenvalue weighted by molar-refractivity contribution is 6.31. The summed E-state index contributed by atoms with van der Waals surface area (Å²) in [6.45, 7) is 6.45. The summed E-state index contributed by atoms with van der Waals surface area (Å²) < 4.78 is 25.0. The highest BCUT2D eigenvalue weighted by Gasteiger charge is 2.31. The van der Waals surface area contributed by atoms with Gasteiger partial charge in [0.05, 0.1) is 23.5 Å². The molecule has 1 unspecified atom stereocenters. The second-order valence-corrected chi connectivity index (χ2v) is 11.5. The van der Waals surface area contributed by atoms with Crippen molar-refractivity contribution < 1.29 is 28.6 Å². The summed E-state index contributed by atoms with van der Waals surface area (Å²) in [6.07, 6.45) is 0.0397. The largest absolute Gasteiger partial charge is 0.493 e. The molecule has 1 aromatic heterocycles. The lowest BCUT2D eigenvalue weighted by Gasteiger charge is -2.28. The van der Waals surface area contributed by atoms with E-state index in [9.17, 15) is 19.1 Å². The van der Waals surface area contributed by atoms with Gasteiger partial charge in [0.1, 0.15) is 11.4 Å². The fourth-order valence-electron chi connectivity index (χ4n) is 4.52. The van der Waals surface area contributed by atoms with Crippen LogP contribution in [-0.2, 0) is 15.8 Å². The van der Waals surface area contributed by atoms with Crippen LogP contribution < -0.4 is 20.5 Å². The van der Waals surface area contributed by atoms with E-state index in [1.54, 1.807) is 37.3 Å². The second-order valence-electron chi connectivity index (χ2n) is 11.1.